The first-order valence-corrected chi connectivity index (χ1v) is 7.04. The van der Waals surface area contributed by atoms with Crippen molar-refractivity contribution in [1.29, 1.82) is 0 Å². The van der Waals surface area contributed by atoms with Gasteiger partial charge >= 0.3 is 0 Å². The highest BCUT2D eigenvalue weighted by molar-refractivity contribution is 9.10. The average Bonchev–Trinajstić information content (AvgIpc) is 3.22. The zero-order valence-corrected chi connectivity index (χ0v) is 12.1. The second-order valence-electron chi connectivity index (χ2n) is 4.62. The molecule has 1 aliphatic carbocycles. The molecule has 1 aliphatic rings. The normalized spacial score (nSPS) is 14.1. The van der Waals surface area contributed by atoms with Gasteiger partial charge in [-0.3, -0.25) is 4.79 Å². The highest BCUT2D eigenvalue weighted by Gasteiger charge is 2.27. The SMILES string of the molecule is NC(=O)c1ccccc1Oc1cc(Br)nc(C2CC2)n1. The van der Waals surface area contributed by atoms with Crippen LogP contribution in [0.3, 0.4) is 0 Å². The van der Waals surface area contributed by atoms with Crippen LogP contribution in [0.25, 0.3) is 0 Å². The van der Waals surface area contributed by atoms with Crippen molar-refractivity contribution in [1.82, 2.24) is 9.97 Å². The minimum absolute atomic E-state index is 0.329. The molecule has 2 N–H and O–H groups in total. The number of amides is 1. The molecule has 2 aromatic rings. The van der Waals surface area contributed by atoms with Gasteiger partial charge in [0.05, 0.1) is 5.56 Å². The van der Waals surface area contributed by atoms with Crippen molar-refractivity contribution in [2.24, 2.45) is 5.73 Å². The third kappa shape index (κ3) is 2.80. The molecule has 0 unspecified atom stereocenters. The molecule has 1 saturated carbocycles. The number of nitrogens with two attached hydrogens (primary N) is 1. The fourth-order valence-electron chi connectivity index (χ4n) is 1.86. The summed E-state index contributed by atoms with van der Waals surface area (Å²) in [4.78, 5) is 20.1. The van der Waals surface area contributed by atoms with Crippen molar-refractivity contribution in [3.05, 3.63) is 46.3 Å². The van der Waals surface area contributed by atoms with E-state index in [0.717, 1.165) is 18.7 Å². The fraction of sp³-hybridized carbons (Fsp3) is 0.214. The molecule has 6 heteroatoms. The number of benzene rings is 1. The lowest BCUT2D eigenvalue weighted by atomic mass is 10.2. The Balaban J connectivity index is 1.93. The van der Waals surface area contributed by atoms with E-state index in [-0.39, 0.29) is 0 Å². The van der Waals surface area contributed by atoms with Crippen molar-refractivity contribution in [3.8, 4) is 11.6 Å². The Morgan fingerprint density at radius 1 is 1.30 bits per heavy atom. The average molecular weight is 334 g/mol. The van der Waals surface area contributed by atoms with Gasteiger partial charge in [0.15, 0.2) is 0 Å². The summed E-state index contributed by atoms with van der Waals surface area (Å²) in [5, 5.41) is 0. The molecule has 3 rings (SSSR count). The molecule has 1 heterocycles. The van der Waals surface area contributed by atoms with Crippen molar-refractivity contribution in [2.75, 3.05) is 0 Å². The van der Waals surface area contributed by atoms with E-state index in [2.05, 4.69) is 25.9 Å². The number of aromatic nitrogens is 2. The number of ether oxygens (including phenoxy) is 1. The van der Waals surface area contributed by atoms with Gasteiger partial charge in [0.25, 0.3) is 5.91 Å². The number of rotatable bonds is 4. The van der Waals surface area contributed by atoms with Crippen LogP contribution in [0.2, 0.25) is 0 Å². The third-order valence-corrected chi connectivity index (χ3v) is 3.40. The molecule has 0 saturated heterocycles. The number of hydrogen-bond donors (Lipinski definition) is 1. The van der Waals surface area contributed by atoms with Crippen molar-refractivity contribution >= 4 is 21.8 Å². The zero-order valence-electron chi connectivity index (χ0n) is 10.5. The van der Waals surface area contributed by atoms with Gasteiger partial charge in [-0.25, -0.2) is 4.98 Å². The van der Waals surface area contributed by atoms with E-state index < -0.39 is 5.91 Å². The first kappa shape index (κ1) is 13.1. The minimum Gasteiger partial charge on any atom is -0.438 e. The lowest BCUT2D eigenvalue weighted by molar-refractivity contribution is 0.0998. The van der Waals surface area contributed by atoms with E-state index in [1.54, 1.807) is 30.3 Å². The summed E-state index contributed by atoms with van der Waals surface area (Å²) >= 11 is 3.35. The van der Waals surface area contributed by atoms with Crippen LogP contribution in [0, 0.1) is 0 Å². The predicted octanol–water partition coefficient (Wildman–Crippen LogP) is 3.01. The maximum absolute atomic E-state index is 11.4. The van der Waals surface area contributed by atoms with Gasteiger partial charge in [0.1, 0.15) is 16.2 Å². The monoisotopic (exact) mass is 333 g/mol. The Bertz CT molecular complexity index is 671. The van der Waals surface area contributed by atoms with Crippen LogP contribution in [0.15, 0.2) is 34.9 Å². The summed E-state index contributed by atoms with van der Waals surface area (Å²) in [5.74, 6) is 1.46. The molecule has 0 bridgehead atoms. The van der Waals surface area contributed by atoms with Gasteiger partial charge in [0.2, 0.25) is 5.88 Å². The van der Waals surface area contributed by atoms with Gasteiger partial charge in [-0.2, -0.15) is 4.98 Å². The van der Waals surface area contributed by atoms with Gasteiger partial charge in [-0.1, -0.05) is 12.1 Å². The summed E-state index contributed by atoms with van der Waals surface area (Å²) in [6.45, 7) is 0. The topological polar surface area (TPSA) is 78.1 Å². The molecule has 0 spiro atoms. The van der Waals surface area contributed by atoms with Crippen LogP contribution >= 0.6 is 15.9 Å². The number of primary amides is 1. The predicted molar refractivity (Wildman–Crippen MR) is 76.7 cm³/mol. The van der Waals surface area contributed by atoms with Crippen molar-refractivity contribution in [2.45, 2.75) is 18.8 Å². The molecule has 5 nitrogen and oxygen atoms in total. The number of nitrogens with zero attached hydrogens (tertiary/aromatic N) is 2. The summed E-state index contributed by atoms with van der Waals surface area (Å²) in [7, 11) is 0. The number of carbonyl (C=O) groups is 1. The Morgan fingerprint density at radius 3 is 2.75 bits per heavy atom. The molecule has 102 valence electrons. The summed E-state index contributed by atoms with van der Waals surface area (Å²) in [6.07, 6.45) is 2.21. The second-order valence-corrected chi connectivity index (χ2v) is 5.44. The van der Waals surface area contributed by atoms with Gasteiger partial charge < -0.3 is 10.5 Å². The van der Waals surface area contributed by atoms with Crippen LogP contribution in [0.5, 0.6) is 11.6 Å². The lowest BCUT2D eigenvalue weighted by Gasteiger charge is -2.09. The first-order chi connectivity index (χ1) is 9.63. The Hall–Kier alpha value is -1.95. The molecule has 20 heavy (non-hydrogen) atoms. The van der Waals surface area contributed by atoms with Gasteiger partial charge in [-0.05, 0) is 40.9 Å². The molecule has 0 atom stereocenters. The van der Waals surface area contributed by atoms with E-state index in [0.29, 0.717) is 27.7 Å². The molecule has 1 aromatic heterocycles. The van der Waals surface area contributed by atoms with E-state index in [4.69, 9.17) is 10.5 Å². The summed E-state index contributed by atoms with van der Waals surface area (Å²) < 4.78 is 6.36. The van der Waals surface area contributed by atoms with E-state index in [1.165, 1.54) is 0 Å². The first-order valence-electron chi connectivity index (χ1n) is 6.24. The lowest BCUT2D eigenvalue weighted by Crippen LogP contribution is -2.12. The van der Waals surface area contributed by atoms with Crippen molar-refractivity contribution < 1.29 is 9.53 Å². The van der Waals surface area contributed by atoms with Gasteiger partial charge in [-0.15, -0.1) is 0 Å². The molecule has 1 amide bonds. The number of carbonyl (C=O) groups excluding carboxylic acids is 1. The highest BCUT2D eigenvalue weighted by Crippen LogP contribution is 2.39. The minimum atomic E-state index is -0.531. The van der Waals surface area contributed by atoms with Crippen LogP contribution in [0.1, 0.15) is 34.9 Å². The second kappa shape index (κ2) is 5.20. The summed E-state index contributed by atoms with van der Waals surface area (Å²) in [6, 6.07) is 8.49. The van der Waals surface area contributed by atoms with Crippen LogP contribution in [0.4, 0.5) is 0 Å². The van der Waals surface area contributed by atoms with Crippen LogP contribution in [-0.2, 0) is 0 Å². The quantitative estimate of drug-likeness (QED) is 0.872. The largest absolute Gasteiger partial charge is 0.438 e. The molecule has 1 fully saturated rings. The zero-order chi connectivity index (χ0) is 14.1. The van der Waals surface area contributed by atoms with Crippen LogP contribution < -0.4 is 10.5 Å². The molecule has 0 aliphatic heterocycles. The van der Waals surface area contributed by atoms with Crippen LogP contribution in [-0.4, -0.2) is 15.9 Å². The molecular formula is C14H12BrN3O2. The maximum atomic E-state index is 11.4. The molecule has 1 aromatic carbocycles. The smallest absolute Gasteiger partial charge is 0.252 e. The maximum Gasteiger partial charge on any atom is 0.252 e. The Labute approximate surface area is 124 Å². The molecule has 0 radical (unpaired) electrons. The number of halogens is 1. The van der Waals surface area contributed by atoms with Gasteiger partial charge in [0, 0.05) is 12.0 Å². The van der Waals surface area contributed by atoms with E-state index in [9.17, 15) is 4.79 Å². The standard InChI is InChI=1S/C14H12BrN3O2/c15-11-7-12(18-14(17-11)8-5-6-8)20-10-4-2-1-3-9(10)13(16)19/h1-4,7-8H,5-6H2,(H2,16,19). The van der Waals surface area contributed by atoms with Crippen molar-refractivity contribution in [3.63, 3.8) is 0 Å². The van der Waals surface area contributed by atoms with E-state index >= 15 is 0 Å². The number of hydrogen-bond acceptors (Lipinski definition) is 4. The summed E-state index contributed by atoms with van der Waals surface area (Å²) in [5.41, 5.74) is 5.65. The Morgan fingerprint density at radius 2 is 2.05 bits per heavy atom. The highest BCUT2D eigenvalue weighted by atomic mass is 79.9. The van der Waals surface area contributed by atoms with E-state index in [1.807, 2.05) is 0 Å². The fourth-order valence-corrected chi connectivity index (χ4v) is 2.24. The Kier molecular flexibility index (Phi) is 3.40. The molecular weight excluding hydrogens is 322 g/mol. The third-order valence-electron chi connectivity index (χ3n) is 3.00. The number of para-hydroxylation sites is 1.